The number of anilines is 1. The Morgan fingerprint density at radius 1 is 1.29 bits per heavy atom. The molecule has 0 aromatic heterocycles. The standard InChI is InChI=1S/C18H30N4O2/c1-4-19-18(21-15(2)14-23-3)20-13-16-5-7-17(8-6-16)22-9-11-24-12-10-22/h5-8,15H,4,9-14H2,1-3H3,(H2,19,20,21). The number of guanidine groups is 1. The molecule has 24 heavy (non-hydrogen) atoms. The van der Waals surface area contributed by atoms with Crippen molar-refractivity contribution in [3.63, 3.8) is 0 Å². The fourth-order valence-corrected chi connectivity index (χ4v) is 2.65. The molecule has 0 bridgehead atoms. The van der Waals surface area contributed by atoms with Gasteiger partial charge in [-0.1, -0.05) is 12.1 Å². The Balaban J connectivity index is 1.92. The fourth-order valence-electron chi connectivity index (χ4n) is 2.65. The summed E-state index contributed by atoms with van der Waals surface area (Å²) in [7, 11) is 1.71. The van der Waals surface area contributed by atoms with Gasteiger partial charge in [-0.25, -0.2) is 4.99 Å². The molecule has 1 aliphatic heterocycles. The Labute approximate surface area is 145 Å². The van der Waals surface area contributed by atoms with E-state index in [-0.39, 0.29) is 6.04 Å². The number of benzene rings is 1. The number of hydrogen-bond donors (Lipinski definition) is 2. The van der Waals surface area contributed by atoms with Gasteiger partial charge in [0.05, 0.1) is 26.4 Å². The minimum Gasteiger partial charge on any atom is -0.383 e. The van der Waals surface area contributed by atoms with Crippen LogP contribution >= 0.6 is 0 Å². The molecular formula is C18H30N4O2. The van der Waals surface area contributed by atoms with Crippen molar-refractivity contribution in [1.29, 1.82) is 0 Å². The first-order chi connectivity index (χ1) is 11.7. The second kappa shape index (κ2) is 10.2. The van der Waals surface area contributed by atoms with Gasteiger partial charge < -0.3 is 25.0 Å². The third-order valence-electron chi connectivity index (χ3n) is 3.88. The fraction of sp³-hybridized carbons (Fsp3) is 0.611. The van der Waals surface area contributed by atoms with Crippen LogP contribution in [0.1, 0.15) is 19.4 Å². The maximum absolute atomic E-state index is 5.40. The van der Waals surface area contributed by atoms with Gasteiger partial charge in [-0.3, -0.25) is 0 Å². The number of ether oxygens (including phenoxy) is 2. The Bertz CT molecular complexity index is 498. The summed E-state index contributed by atoms with van der Waals surface area (Å²) in [5.41, 5.74) is 2.45. The van der Waals surface area contributed by atoms with Gasteiger partial charge in [0.15, 0.2) is 5.96 Å². The highest BCUT2D eigenvalue weighted by Gasteiger charge is 2.10. The molecule has 2 N–H and O–H groups in total. The summed E-state index contributed by atoms with van der Waals surface area (Å²) < 4.78 is 10.6. The lowest BCUT2D eigenvalue weighted by Gasteiger charge is -2.28. The summed E-state index contributed by atoms with van der Waals surface area (Å²) in [5, 5.41) is 6.61. The Hall–Kier alpha value is -1.79. The number of methoxy groups -OCH3 is 1. The predicted molar refractivity (Wildman–Crippen MR) is 98.8 cm³/mol. The number of aliphatic imine (C=N–C) groups is 1. The van der Waals surface area contributed by atoms with Crippen LogP contribution in [0.3, 0.4) is 0 Å². The molecule has 2 rings (SSSR count). The predicted octanol–water partition coefficient (Wildman–Crippen LogP) is 1.61. The number of morpholine rings is 1. The van der Waals surface area contributed by atoms with Crippen molar-refractivity contribution >= 4 is 11.6 Å². The average Bonchev–Trinajstić information content (AvgIpc) is 2.61. The van der Waals surface area contributed by atoms with Crippen LogP contribution in [-0.2, 0) is 16.0 Å². The quantitative estimate of drug-likeness (QED) is 0.586. The van der Waals surface area contributed by atoms with Crippen molar-refractivity contribution in [1.82, 2.24) is 10.6 Å². The van der Waals surface area contributed by atoms with Crippen molar-refractivity contribution in [2.45, 2.75) is 26.4 Å². The molecule has 1 aromatic carbocycles. The third kappa shape index (κ3) is 6.02. The van der Waals surface area contributed by atoms with Crippen LogP contribution < -0.4 is 15.5 Å². The van der Waals surface area contributed by atoms with Crippen LogP contribution in [0, 0.1) is 0 Å². The summed E-state index contributed by atoms with van der Waals surface area (Å²) >= 11 is 0. The van der Waals surface area contributed by atoms with Crippen molar-refractivity contribution in [2.75, 3.05) is 51.5 Å². The van der Waals surface area contributed by atoms with Crippen LogP contribution in [0.5, 0.6) is 0 Å². The van der Waals surface area contributed by atoms with Crippen molar-refractivity contribution < 1.29 is 9.47 Å². The SMILES string of the molecule is CCNC(=NCc1ccc(N2CCOCC2)cc1)NC(C)COC. The molecule has 6 heteroatoms. The van der Waals surface area contributed by atoms with Gasteiger partial charge in [-0.05, 0) is 31.5 Å². The van der Waals surface area contributed by atoms with E-state index in [1.807, 2.05) is 0 Å². The molecule has 1 unspecified atom stereocenters. The van der Waals surface area contributed by atoms with Gasteiger partial charge in [-0.15, -0.1) is 0 Å². The van der Waals surface area contributed by atoms with Gasteiger partial charge in [0.1, 0.15) is 0 Å². The summed E-state index contributed by atoms with van der Waals surface area (Å²) in [6.45, 7) is 9.82. The van der Waals surface area contributed by atoms with Gasteiger partial charge in [0.25, 0.3) is 0 Å². The van der Waals surface area contributed by atoms with E-state index in [4.69, 9.17) is 9.47 Å². The maximum atomic E-state index is 5.40. The zero-order valence-electron chi connectivity index (χ0n) is 15.0. The summed E-state index contributed by atoms with van der Waals surface area (Å²) in [6.07, 6.45) is 0. The molecule has 1 aromatic rings. The maximum Gasteiger partial charge on any atom is 0.191 e. The average molecular weight is 334 g/mol. The molecule has 1 heterocycles. The van der Waals surface area contributed by atoms with Crippen LogP contribution in [0.4, 0.5) is 5.69 Å². The number of hydrogen-bond acceptors (Lipinski definition) is 4. The highest BCUT2D eigenvalue weighted by atomic mass is 16.5. The molecule has 1 fully saturated rings. The highest BCUT2D eigenvalue weighted by Crippen LogP contribution is 2.17. The topological polar surface area (TPSA) is 58.1 Å². The van der Waals surface area contributed by atoms with Gasteiger partial charge in [0, 0.05) is 38.5 Å². The van der Waals surface area contributed by atoms with E-state index in [0.29, 0.717) is 13.2 Å². The lowest BCUT2D eigenvalue weighted by atomic mass is 10.2. The lowest BCUT2D eigenvalue weighted by molar-refractivity contribution is 0.122. The summed E-state index contributed by atoms with van der Waals surface area (Å²) in [6, 6.07) is 8.86. The van der Waals surface area contributed by atoms with E-state index in [1.165, 1.54) is 11.3 Å². The molecule has 0 saturated carbocycles. The number of nitrogens with one attached hydrogen (secondary N) is 2. The molecular weight excluding hydrogens is 304 g/mol. The van der Waals surface area contributed by atoms with Crippen LogP contribution in [0.2, 0.25) is 0 Å². The van der Waals surface area contributed by atoms with E-state index in [9.17, 15) is 0 Å². The molecule has 1 saturated heterocycles. The van der Waals surface area contributed by atoms with Crippen LogP contribution in [-0.4, -0.2) is 58.6 Å². The molecule has 134 valence electrons. The monoisotopic (exact) mass is 334 g/mol. The van der Waals surface area contributed by atoms with Gasteiger partial charge in [-0.2, -0.15) is 0 Å². The van der Waals surface area contributed by atoms with E-state index in [1.54, 1.807) is 7.11 Å². The minimum absolute atomic E-state index is 0.219. The first-order valence-electron chi connectivity index (χ1n) is 8.68. The second-order valence-electron chi connectivity index (χ2n) is 5.96. The Kier molecular flexibility index (Phi) is 7.85. The Morgan fingerprint density at radius 2 is 2.00 bits per heavy atom. The van der Waals surface area contributed by atoms with Crippen molar-refractivity contribution in [3.8, 4) is 0 Å². The molecule has 0 spiro atoms. The Morgan fingerprint density at radius 3 is 2.62 bits per heavy atom. The van der Waals surface area contributed by atoms with E-state index < -0.39 is 0 Å². The smallest absolute Gasteiger partial charge is 0.191 e. The van der Waals surface area contributed by atoms with E-state index >= 15 is 0 Å². The molecule has 1 aliphatic rings. The van der Waals surface area contributed by atoms with E-state index in [2.05, 4.69) is 58.6 Å². The second-order valence-corrected chi connectivity index (χ2v) is 5.96. The normalized spacial score (nSPS) is 16.8. The molecule has 0 radical (unpaired) electrons. The lowest BCUT2D eigenvalue weighted by Crippen LogP contribution is -2.43. The summed E-state index contributed by atoms with van der Waals surface area (Å²) in [4.78, 5) is 7.01. The van der Waals surface area contributed by atoms with Crippen LogP contribution in [0.15, 0.2) is 29.3 Å². The third-order valence-corrected chi connectivity index (χ3v) is 3.88. The van der Waals surface area contributed by atoms with Crippen LogP contribution in [0.25, 0.3) is 0 Å². The van der Waals surface area contributed by atoms with Gasteiger partial charge >= 0.3 is 0 Å². The largest absolute Gasteiger partial charge is 0.383 e. The number of nitrogens with zero attached hydrogens (tertiary/aromatic N) is 2. The first kappa shape index (κ1) is 18.5. The first-order valence-corrected chi connectivity index (χ1v) is 8.68. The molecule has 0 aliphatic carbocycles. The van der Waals surface area contributed by atoms with Gasteiger partial charge in [0.2, 0.25) is 0 Å². The zero-order chi connectivity index (χ0) is 17.2. The molecule has 0 amide bonds. The van der Waals surface area contributed by atoms with Crippen molar-refractivity contribution in [2.24, 2.45) is 4.99 Å². The van der Waals surface area contributed by atoms with Crippen molar-refractivity contribution in [3.05, 3.63) is 29.8 Å². The zero-order valence-corrected chi connectivity index (χ0v) is 15.0. The molecule has 1 atom stereocenters. The number of rotatable bonds is 7. The molecule has 6 nitrogen and oxygen atoms in total. The van der Waals surface area contributed by atoms with E-state index in [0.717, 1.165) is 38.8 Å². The summed E-state index contributed by atoms with van der Waals surface area (Å²) in [5.74, 6) is 0.819. The highest BCUT2D eigenvalue weighted by molar-refractivity contribution is 5.80. The minimum atomic E-state index is 0.219.